The zero-order chi connectivity index (χ0) is 14.1. The maximum atomic E-state index is 12.2. The van der Waals surface area contributed by atoms with E-state index in [1.54, 1.807) is 0 Å². The van der Waals surface area contributed by atoms with Crippen molar-refractivity contribution in [3.05, 3.63) is 64.6 Å². The van der Waals surface area contributed by atoms with E-state index in [1.165, 1.54) is 0 Å². The van der Waals surface area contributed by atoms with E-state index >= 15 is 0 Å². The molecule has 1 saturated heterocycles. The molecule has 2 aromatic rings. The van der Waals surface area contributed by atoms with Crippen LogP contribution in [0.15, 0.2) is 59.1 Å². The highest BCUT2D eigenvalue weighted by atomic mass is 79.9. The van der Waals surface area contributed by atoms with Gasteiger partial charge in [-0.2, -0.15) is 0 Å². The number of benzene rings is 2. The van der Waals surface area contributed by atoms with E-state index in [4.69, 9.17) is 12.2 Å². The zero-order valence-electron chi connectivity index (χ0n) is 10.4. The first kappa shape index (κ1) is 13.3. The van der Waals surface area contributed by atoms with Crippen molar-refractivity contribution in [2.75, 3.05) is 4.90 Å². The number of thiocarbonyl (C=S) groups is 1. The van der Waals surface area contributed by atoms with Crippen LogP contribution in [0.1, 0.15) is 11.6 Å². The Hall–Kier alpha value is -1.72. The van der Waals surface area contributed by atoms with Crippen molar-refractivity contribution in [2.24, 2.45) is 0 Å². The topological polar surface area (TPSA) is 32.3 Å². The maximum Gasteiger partial charge on any atom is 0.253 e. The second kappa shape index (κ2) is 5.34. The van der Waals surface area contributed by atoms with E-state index in [-0.39, 0.29) is 5.91 Å². The highest BCUT2D eigenvalue weighted by Crippen LogP contribution is 2.31. The van der Waals surface area contributed by atoms with E-state index in [1.807, 2.05) is 59.5 Å². The van der Waals surface area contributed by atoms with Gasteiger partial charge in [0, 0.05) is 10.2 Å². The van der Waals surface area contributed by atoms with Crippen molar-refractivity contribution in [3.8, 4) is 0 Å². The van der Waals surface area contributed by atoms with Crippen LogP contribution in [-0.2, 0) is 4.79 Å². The van der Waals surface area contributed by atoms with E-state index < -0.39 is 6.04 Å². The molecule has 1 N–H and O–H groups in total. The summed E-state index contributed by atoms with van der Waals surface area (Å²) in [4.78, 5) is 14.0. The fourth-order valence-corrected chi connectivity index (χ4v) is 2.84. The largest absolute Gasteiger partial charge is 0.302 e. The van der Waals surface area contributed by atoms with Crippen molar-refractivity contribution in [1.82, 2.24) is 5.32 Å². The molecule has 1 unspecified atom stereocenters. The smallest absolute Gasteiger partial charge is 0.253 e. The van der Waals surface area contributed by atoms with Crippen molar-refractivity contribution >= 4 is 44.9 Å². The average molecular weight is 347 g/mol. The van der Waals surface area contributed by atoms with Crippen LogP contribution in [0.3, 0.4) is 0 Å². The third kappa shape index (κ3) is 2.34. The summed E-state index contributed by atoms with van der Waals surface area (Å²) in [5.41, 5.74) is 1.82. The Morgan fingerprint density at radius 1 is 1.05 bits per heavy atom. The van der Waals surface area contributed by atoms with Crippen molar-refractivity contribution in [3.63, 3.8) is 0 Å². The summed E-state index contributed by atoms with van der Waals surface area (Å²) in [6.45, 7) is 0. The Balaban J connectivity index is 2.04. The molecule has 0 radical (unpaired) electrons. The molecule has 0 aromatic heterocycles. The van der Waals surface area contributed by atoms with Crippen molar-refractivity contribution in [1.29, 1.82) is 0 Å². The lowest BCUT2D eigenvalue weighted by Gasteiger charge is -2.23. The standard InChI is InChI=1S/C15H11BrN2OS/c16-11-8-6-10(7-9-11)13-14(19)17-15(20)18(13)12-4-2-1-3-5-12/h1-9,13H,(H,17,19,20). The van der Waals surface area contributed by atoms with Crippen LogP contribution in [0.5, 0.6) is 0 Å². The van der Waals surface area contributed by atoms with Gasteiger partial charge in [0.05, 0.1) is 0 Å². The van der Waals surface area contributed by atoms with Gasteiger partial charge in [-0.25, -0.2) is 0 Å². The number of hydrogen-bond donors (Lipinski definition) is 1. The minimum atomic E-state index is -0.419. The summed E-state index contributed by atoms with van der Waals surface area (Å²) < 4.78 is 0.980. The van der Waals surface area contributed by atoms with Crippen molar-refractivity contribution in [2.45, 2.75) is 6.04 Å². The molecular formula is C15H11BrN2OS. The minimum absolute atomic E-state index is 0.0961. The summed E-state index contributed by atoms with van der Waals surface area (Å²) in [6.07, 6.45) is 0. The van der Waals surface area contributed by atoms with Crippen LogP contribution in [0.25, 0.3) is 0 Å². The highest BCUT2D eigenvalue weighted by Gasteiger charge is 2.37. The number of carbonyl (C=O) groups excluding carboxylic acids is 1. The predicted molar refractivity (Wildman–Crippen MR) is 86.5 cm³/mol. The monoisotopic (exact) mass is 346 g/mol. The lowest BCUT2D eigenvalue weighted by Crippen LogP contribution is -2.29. The van der Waals surface area contributed by atoms with Gasteiger partial charge >= 0.3 is 0 Å². The second-order valence-electron chi connectivity index (χ2n) is 4.45. The van der Waals surface area contributed by atoms with Crippen molar-refractivity contribution < 1.29 is 4.79 Å². The average Bonchev–Trinajstić information content (AvgIpc) is 2.75. The molecule has 2 aromatic carbocycles. The van der Waals surface area contributed by atoms with Gasteiger partial charge in [0.15, 0.2) is 5.11 Å². The molecule has 1 aliphatic heterocycles. The molecule has 5 heteroatoms. The summed E-state index contributed by atoms with van der Waals surface area (Å²) in [5, 5.41) is 3.17. The third-order valence-corrected chi connectivity index (χ3v) is 4.00. The number of amides is 1. The number of anilines is 1. The fourth-order valence-electron chi connectivity index (χ4n) is 2.27. The first-order valence-electron chi connectivity index (χ1n) is 6.11. The van der Waals surface area contributed by atoms with Gasteiger partial charge in [0.2, 0.25) is 0 Å². The van der Waals surface area contributed by atoms with Gasteiger partial charge in [0.25, 0.3) is 5.91 Å². The van der Waals surface area contributed by atoms with Gasteiger partial charge in [-0.3, -0.25) is 4.79 Å². The Kier molecular flexibility index (Phi) is 3.54. The third-order valence-electron chi connectivity index (χ3n) is 3.18. The van der Waals surface area contributed by atoms with Gasteiger partial charge in [0.1, 0.15) is 6.04 Å². The normalized spacial score (nSPS) is 18.2. The quantitative estimate of drug-likeness (QED) is 0.845. The van der Waals surface area contributed by atoms with Crippen LogP contribution < -0.4 is 10.2 Å². The highest BCUT2D eigenvalue weighted by molar-refractivity contribution is 9.10. The molecule has 20 heavy (non-hydrogen) atoms. The molecule has 1 amide bonds. The summed E-state index contributed by atoms with van der Waals surface area (Å²) in [5.74, 6) is -0.0961. The second-order valence-corrected chi connectivity index (χ2v) is 5.76. The fraction of sp³-hybridized carbons (Fsp3) is 0.0667. The number of halogens is 1. The molecule has 1 atom stereocenters. The Labute approximate surface area is 130 Å². The summed E-state index contributed by atoms with van der Waals surface area (Å²) in [7, 11) is 0. The number of carbonyl (C=O) groups is 1. The van der Waals surface area contributed by atoms with Gasteiger partial charge in [-0.05, 0) is 42.0 Å². The van der Waals surface area contributed by atoms with E-state index in [0.717, 1.165) is 15.7 Å². The molecule has 0 bridgehead atoms. The number of nitrogens with one attached hydrogen (secondary N) is 1. The Morgan fingerprint density at radius 2 is 1.70 bits per heavy atom. The van der Waals surface area contributed by atoms with Crippen LogP contribution in [0.4, 0.5) is 5.69 Å². The molecule has 100 valence electrons. The number of rotatable bonds is 2. The summed E-state index contributed by atoms with van der Waals surface area (Å²) in [6, 6.07) is 17.0. The molecule has 0 spiro atoms. The van der Waals surface area contributed by atoms with Gasteiger partial charge < -0.3 is 10.2 Å². The molecule has 3 rings (SSSR count). The van der Waals surface area contributed by atoms with E-state index in [9.17, 15) is 4.79 Å². The molecular weight excluding hydrogens is 336 g/mol. The minimum Gasteiger partial charge on any atom is -0.302 e. The maximum absolute atomic E-state index is 12.2. The predicted octanol–water partition coefficient (Wildman–Crippen LogP) is 3.41. The van der Waals surface area contributed by atoms with Gasteiger partial charge in [-0.1, -0.05) is 46.3 Å². The molecule has 1 fully saturated rings. The van der Waals surface area contributed by atoms with Gasteiger partial charge in [-0.15, -0.1) is 0 Å². The lowest BCUT2D eigenvalue weighted by molar-refractivity contribution is -0.119. The van der Waals surface area contributed by atoms with Crippen LogP contribution in [0.2, 0.25) is 0 Å². The number of para-hydroxylation sites is 1. The molecule has 3 nitrogen and oxygen atoms in total. The summed E-state index contributed by atoms with van der Waals surface area (Å²) >= 11 is 8.69. The Bertz CT molecular complexity index is 657. The molecule has 1 aliphatic rings. The van der Waals surface area contributed by atoms with Crippen LogP contribution >= 0.6 is 28.1 Å². The number of nitrogens with zero attached hydrogens (tertiary/aromatic N) is 1. The van der Waals surface area contributed by atoms with Crippen LogP contribution in [0, 0.1) is 0 Å². The first-order chi connectivity index (χ1) is 9.66. The Morgan fingerprint density at radius 3 is 2.35 bits per heavy atom. The van der Waals surface area contributed by atoms with Crippen LogP contribution in [-0.4, -0.2) is 11.0 Å². The molecule has 1 heterocycles. The van der Waals surface area contributed by atoms with E-state index in [2.05, 4.69) is 21.2 Å². The first-order valence-corrected chi connectivity index (χ1v) is 7.31. The van der Waals surface area contributed by atoms with E-state index in [0.29, 0.717) is 5.11 Å². The number of hydrogen-bond acceptors (Lipinski definition) is 2. The lowest BCUT2D eigenvalue weighted by atomic mass is 10.1. The SMILES string of the molecule is O=C1NC(=S)N(c2ccccc2)C1c1ccc(Br)cc1. The zero-order valence-corrected chi connectivity index (χ0v) is 12.8. The molecule has 0 aliphatic carbocycles. The molecule has 0 saturated carbocycles.